The number of hydrogen-bond donors (Lipinski definition) is 0. The van der Waals surface area contributed by atoms with Gasteiger partial charge < -0.3 is 0 Å². The van der Waals surface area contributed by atoms with Gasteiger partial charge in [0.05, 0.1) is 11.3 Å². The van der Waals surface area contributed by atoms with E-state index in [9.17, 15) is 9.50 Å². The summed E-state index contributed by atoms with van der Waals surface area (Å²) in [4.78, 5) is 0. The molecule has 0 aliphatic carbocycles. The fourth-order valence-corrected chi connectivity index (χ4v) is 1.37. The molecule has 0 aliphatic rings. The smallest absolute Gasteiger partial charge is 0.190 e. The predicted octanol–water partition coefficient (Wildman–Crippen LogP) is 2.37. The summed E-state index contributed by atoms with van der Waals surface area (Å²) in [7, 11) is 1.67. The van der Waals surface area contributed by atoms with Crippen LogP contribution >= 0.6 is 0 Å². The van der Waals surface area contributed by atoms with Crippen LogP contribution in [0.5, 0.6) is 5.75 Å². The molecule has 1 heterocycles. The first kappa shape index (κ1) is 8.74. The summed E-state index contributed by atoms with van der Waals surface area (Å²) in [6.07, 6.45) is 1.53. The Morgan fingerprint density at radius 3 is 2.71 bits per heavy atom. The Kier molecular flexibility index (Phi) is 1.96. The fraction of sp³-hybridized carbons (Fsp3) is 0.100. The number of hydrogen-bond acceptors (Lipinski definition) is 1. The number of benzene rings is 1. The van der Waals surface area contributed by atoms with Crippen LogP contribution in [0.15, 0.2) is 30.5 Å². The van der Waals surface area contributed by atoms with Crippen LogP contribution in [-0.4, -0.2) is 9.78 Å². The molecule has 2 aromatic rings. The molecule has 71 valence electrons. The van der Waals surface area contributed by atoms with Crippen LogP contribution in [-0.2, 0) is 12.2 Å². The Morgan fingerprint density at radius 1 is 1.36 bits per heavy atom. The molecule has 0 fully saturated rings. The molecule has 0 amide bonds. The zero-order chi connectivity index (χ0) is 10.1. The van der Waals surface area contributed by atoms with E-state index >= 15 is 0 Å². The van der Waals surface area contributed by atoms with Gasteiger partial charge in [-0.15, -0.1) is 0 Å². The van der Waals surface area contributed by atoms with Gasteiger partial charge in [-0.1, -0.05) is 6.07 Å². The minimum Gasteiger partial charge on any atom is -0.289 e. The number of rotatable bonds is 1. The van der Waals surface area contributed by atoms with E-state index in [0.29, 0.717) is 5.69 Å². The van der Waals surface area contributed by atoms with Crippen molar-refractivity contribution in [1.29, 1.82) is 0 Å². The van der Waals surface area contributed by atoms with Gasteiger partial charge in [0.25, 0.3) is 0 Å². The van der Waals surface area contributed by atoms with Crippen molar-refractivity contribution < 1.29 is 9.50 Å². The first-order chi connectivity index (χ1) is 6.70. The molecule has 0 saturated carbocycles. The molecule has 0 aliphatic heterocycles. The predicted molar refractivity (Wildman–Crippen MR) is 48.7 cm³/mol. The third kappa shape index (κ3) is 1.25. The van der Waals surface area contributed by atoms with Crippen LogP contribution < -0.4 is 0 Å². The van der Waals surface area contributed by atoms with Gasteiger partial charge in [-0.25, -0.2) is 4.39 Å². The highest BCUT2D eigenvalue weighted by Gasteiger charge is 2.14. The molecule has 0 unspecified atom stereocenters. The van der Waals surface area contributed by atoms with E-state index in [-0.39, 0.29) is 11.3 Å². The zero-order valence-electron chi connectivity index (χ0n) is 7.57. The van der Waals surface area contributed by atoms with Crippen LogP contribution in [0.25, 0.3) is 11.3 Å². The molecule has 0 bridgehead atoms. The van der Waals surface area contributed by atoms with Gasteiger partial charge >= 0.3 is 0 Å². The topological polar surface area (TPSA) is 37.7 Å². The molecular formula is C10H8FN2O. The van der Waals surface area contributed by atoms with Gasteiger partial charge in [0.15, 0.2) is 5.75 Å². The third-order valence-electron chi connectivity index (χ3n) is 2.05. The molecule has 1 aromatic heterocycles. The molecule has 0 spiro atoms. The van der Waals surface area contributed by atoms with Crippen LogP contribution in [0.3, 0.4) is 0 Å². The van der Waals surface area contributed by atoms with Gasteiger partial charge in [0.2, 0.25) is 0 Å². The van der Waals surface area contributed by atoms with Crippen molar-refractivity contribution in [2.75, 3.05) is 0 Å². The second-order valence-corrected chi connectivity index (χ2v) is 2.95. The number of aryl methyl sites for hydroxylation is 1. The maximum absolute atomic E-state index is 13.4. The number of halogens is 1. The Morgan fingerprint density at radius 2 is 2.14 bits per heavy atom. The van der Waals surface area contributed by atoms with Crippen molar-refractivity contribution in [1.82, 2.24) is 9.78 Å². The van der Waals surface area contributed by atoms with E-state index < -0.39 is 5.82 Å². The summed E-state index contributed by atoms with van der Waals surface area (Å²) in [6, 6.07) is 5.62. The molecule has 2 rings (SSSR count). The van der Waals surface area contributed by atoms with E-state index in [1.807, 2.05) is 0 Å². The average Bonchev–Trinajstić information content (AvgIpc) is 2.52. The fourth-order valence-electron chi connectivity index (χ4n) is 1.37. The summed E-state index contributed by atoms with van der Waals surface area (Å²) in [5, 5.41) is 15.3. The summed E-state index contributed by atoms with van der Waals surface area (Å²) in [6.45, 7) is 0. The van der Waals surface area contributed by atoms with E-state index in [2.05, 4.69) is 5.10 Å². The number of nitrogens with zero attached hydrogens (tertiary/aromatic N) is 2. The highest BCUT2D eigenvalue weighted by Crippen LogP contribution is 2.31. The van der Waals surface area contributed by atoms with Crippen molar-refractivity contribution in [2.45, 2.75) is 0 Å². The lowest BCUT2D eigenvalue weighted by Gasteiger charge is -2.03. The lowest BCUT2D eigenvalue weighted by Crippen LogP contribution is -1.95. The molecule has 1 aromatic carbocycles. The first-order valence-corrected chi connectivity index (χ1v) is 4.14. The SMILES string of the molecule is Cn1nccc1-c1c([O])cccc1F. The lowest BCUT2D eigenvalue weighted by molar-refractivity contribution is 0.354. The van der Waals surface area contributed by atoms with Crippen LogP contribution in [0.1, 0.15) is 0 Å². The van der Waals surface area contributed by atoms with Crippen molar-refractivity contribution in [3.63, 3.8) is 0 Å². The van der Waals surface area contributed by atoms with Crippen molar-refractivity contribution in [3.05, 3.63) is 36.3 Å². The molecule has 3 nitrogen and oxygen atoms in total. The summed E-state index contributed by atoms with van der Waals surface area (Å²) < 4.78 is 14.8. The second kappa shape index (κ2) is 3.14. The molecule has 0 saturated heterocycles. The molecule has 1 radical (unpaired) electrons. The quantitative estimate of drug-likeness (QED) is 0.681. The molecule has 14 heavy (non-hydrogen) atoms. The van der Waals surface area contributed by atoms with Gasteiger partial charge in [0, 0.05) is 13.2 Å². The monoisotopic (exact) mass is 191 g/mol. The summed E-state index contributed by atoms with van der Waals surface area (Å²) in [5.41, 5.74) is 0.570. The van der Waals surface area contributed by atoms with Crippen LogP contribution in [0.4, 0.5) is 4.39 Å². The highest BCUT2D eigenvalue weighted by atomic mass is 19.1. The molecule has 4 heteroatoms. The second-order valence-electron chi connectivity index (χ2n) is 2.95. The van der Waals surface area contributed by atoms with Crippen LogP contribution in [0.2, 0.25) is 0 Å². The third-order valence-corrected chi connectivity index (χ3v) is 2.05. The Labute approximate surface area is 80.4 Å². The van der Waals surface area contributed by atoms with Gasteiger partial charge in [-0.05, 0) is 18.2 Å². The Bertz CT molecular complexity index is 445. The van der Waals surface area contributed by atoms with E-state index in [4.69, 9.17) is 0 Å². The van der Waals surface area contributed by atoms with Gasteiger partial charge in [-0.3, -0.25) is 9.79 Å². The molecule has 0 atom stereocenters. The minimum absolute atomic E-state index is 0.0764. The standard InChI is InChI=1S/C10H8FN2O/c1-13-8(5-6-12-13)10-7(11)3-2-4-9(10)14/h2-6H,1H3. The highest BCUT2D eigenvalue weighted by molar-refractivity contribution is 5.67. The Balaban J connectivity index is 2.68. The lowest BCUT2D eigenvalue weighted by atomic mass is 10.1. The first-order valence-electron chi connectivity index (χ1n) is 4.14. The zero-order valence-corrected chi connectivity index (χ0v) is 7.57. The normalized spacial score (nSPS) is 10.4. The maximum atomic E-state index is 13.4. The van der Waals surface area contributed by atoms with Gasteiger partial charge in [0.1, 0.15) is 5.82 Å². The Hall–Kier alpha value is -1.84. The average molecular weight is 191 g/mol. The maximum Gasteiger partial charge on any atom is 0.190 e. The van der Waals surface area contributed by atoms with Crippen molar-refractivity contribution >= 4 is 0 Å². The largest absolute Gasteiger partial charge is 0.289 e. The summed E-state index contributed by atoms with van der Waals surface area (Å²) >= 11 is 0. The van der Waals surface area contributed by atoms with Crippen molar-refractivity contribution in [3.8, 4) is 17.0 Å². The van der Waals surface area contributed by atoms with Gasteiger partial charge in [-0.2, -0.15) is 5.10 Å². The number of aromatic nitrogens is 2. The van der Waals surface area contributed by atoms with E-state index in [1.165, 1.54) is 29.1 Å². The van der Waals surface area contributed by atoms with Crippen molar-refractivity contribution in [2.24, 2.45) is 7.05 Å². The van der Waals surface area contributed by atoms with E-state index in [0.717, 1.165) is 0 Å². The van der Waals surface area contributed by atoms with E-state index in [1.54, 1.807) is 13.1 Å². The molecule has 0 N–H and O–H groups in total. The molecular weight excluding hydrogens is 183 g/mol. The minimum atomic E-state index is -0.513. The van der Waals surface area contributed by atoms with Crippen LogP contribution in [0, 0.1) is 5.82 Å². The summed E-state index contributed by atoms with van der Waals surface area (Å²) in [5.74, 6) is -0.838.